The molecule has 2 nitrogen and oxygen atoms in total. The van der Waals surface area contributed by atoms with Crippen molar-refractivity contribution in [2.24, 2.45) is 5.92 Å². The van der Waals surface area contributed by atoms with Crippen LogP contribution in [0.1, 0.15) is 27.2 Å². The first kappa shape index (κ1) is 9.01. The van der Waals surface area contributed by atoms with E-state index in [2.05, 4.69) is 26.1 Å². The van der Waals surface area contributed by atoms with Crippen molar-refractivity contribution in [3.8, 4) is 0 Å². The molecule has 1 fully saturated rings. The fourth-order valence-corrected chi connectivity index (χ4v) is 1.42. The lowest BCUT2D eigenvalue weighted by atomic mass is 10.0. The predicted octanol–water partition coefficient (Wildman–Crippen LogP) is 1.41. The van der Waals surface area contributed by atoms with Gasteiger partial charge in [-0.3, -0.25) is 0 Å². The lowest BCUT2D eigenvalue weighted by molar-refractivity contribution is -0.0126. The molecule has 0 aromatic rings. The van der Waals surface area contributed by atoms with E-state index in [-0.39, 0.29) is 0 Å². The topological polar surface area (TPSA) is 21.3 Å². The monoisotopic (exact) mass is 157 g/mol. The molecule has 0 saturated carbocycles. The zero-order chi connectivity index (χ0) is 8.27. The maximum absolute atomic E-state index is 5.10. The van der Waals surface area contributed by atoms with Gasteiger partial charge in [-0.05, 0) is 12.3 Å². The number of nitrogens with one attached hydrogen (secondary N) is 1. The van der Waals surface area contributed by atoms with Crippen molar-refractivity contribution in [1.82, 2.24) is 5.32 Å². The molecule has 0 aromatic carbocycles. The van der Waals surface area contributed by atoms with E-state index in [9.17, 15) is 0 Å². The van der Waals surface area contributed by atoms with Gasteiger partial charge in [0.2, 0.25) is 0 Å². The normalized spacial score (nSPS) is 21.8. The van der Waals surface area contributed by atoms with E-state index in [1.165, 1.54) is 6.42 Å². The highest BCUT2D eigenvalue weighted by Crippen LogP contribution is 2.09. The number of hydrogen-bond donors (Lipinski definition) is 1. The van der Waals surface area contributed by atoms with Crippen LogP contribution >= 0.6 is 0 Å². The van der Waals surface area contributed by atoms with Crippen molar-refractivity contribution < 1.29 is 4.74 Å². The van der Waals surface area contributed by atoms with Gasteiger partial charge in [-0.1, -0.05) is 20.8 Å². The lowest BCUT2D eigenvalue weighted by Crippen LogP contribution is -2.51. The molecule has 0 spiro atoms. The van der Waals surface area contributed by atoms with Gasteiger partial charge in [0.05, 0.1) is 19.3 Å². The standard InChI is InChI=1S/C9H19NO/c1-4-9(7(2)3)10-8-5-11-6-8/h7-10H,4-6H2,1-3H3. The average Bonchev–Trinajstić information content (AvgIpc) is 1.85. The predicted molar refractivity (Wildman–Crippen MR) is 46.7 cm³/mol. The minimum atomic E-state index is 0.627. The molecular weight excluding hydrogens is 138 g/mol. The van der Waals surface area contributed by atoms with Crippen molar-refractivity contribution in [3.05, 3.63) is 0 Å². The van der Waals surface area contributed by atoms with E-state index in [1.54, 1.807) is 0 Å². The summed E-state index contributed by atoms with van der Waals surface area (Å²) >= 11 is 0. The Kier molecular flexibility index (Phi) is 3.34. The van der Waals surface area contributed by atoms with Crippen molar-refractivity contribution in [2.45, 2.75) is 39.3 Å². The molecule has 1 unspecified atom stereocenters. The van der Waals surface area contributed by atoms with Gasteiger partial charge in [-0.2, -0.15) is 0 Å². The van der Waals surface area contributed by atoms with Crippen LogP contribution in [-0.4, -0.2) is 25.3 Å². The van der Waals surface area contributed by atoms with Crippen LogP contribution in [0.4, 0.5) is 0 Å². The molecule has 0 amide bonds. The molecule has 2 heteroatoms. The fourth-order valence-electron chi connectivity index (χ4n) is 1.42. The molecule has 0 radical (unpaired) electrons. The molecule has 0 aromatic heterocycles. The van der Waals surface area contributed by atoms with E-state index in [0.29, 0.717) is 12.1 Å². The SMILES string of the molecule is CCC(NC1COC1)C(C)C. The van der Waals surface area contributed by atoms with Gasteiger partial charge in [0.1, 0.15) is 0 Å². The summed E-state index contributed by atoms with van der Waals surface area (Å²) in [5.41, 5.74) is 0. The van der Waals surface area contributed by atoms with Crippen LogP contribution < -0.4 is 5.32 Å². The number of rotatable bonds is 4. The highest BCUT2D eigenvalue weighted by Gasteiger charge is 2.22. The van der Waals surface area contributed by atoms with Crippen LogP contribution in [0.3, 0.4) is 0 Å². The molecule has 66 valence electrons. The first-order chi connectivity index (χ1) is 5.24. The second-order valence-electron chi connectivity index (χ2n) is 3.66. The van der Waals surface area contributed by atoms with Crippen LogP contribution in [0.2, 0.25) is 0 Å². The van der Waals surface area contributed by atoms with Gasteiger partial charge in [0, 0.05) is 6.04 Å². The molecule has 11 heavy (non-hydrogen) atoms. The molecule has 1 N–H and O–H groups in total. The largest absolute Gasteiger partial charge is 0.378 e. The van der Waals surface area contributed by atoms with E-state index in [0.717, 1.165) is 19.1 Å². The molecule has 1 rings (SSSR count). The summed E-state index contributed by atoms with van der Waals surface area (Å²) in [5, 5.41) is 3.58. The molecular formula is C9H19NO. The Balaban J connectivity index is 2.19. The van der Waals surface area contributed by atoms with E-state index >= 15 is 0 Å². The van der Waals surface area contributed by atoms with Crippen LogP contribution in [0.25, 0.3) is 0 Å². The Morgan fingerprint density at radius 1 is 1.45 bits per heavy atom. The number of hydrogen-bond acceptors (Lipinski definition) is 2. The summed E-state index contributed by atoms with van der Waals surface area (Å²) in [6, 6.07) is 1.30. The number of ether oxygens (including phenoxy) is 1. The molecule has 1 aliphatic rings. The van der Waals surface area contributed by atoms with Gasteiger partial charge in [-0.15, -0.1) is 0 Å². The van der Waals surface area contributed by atoms with Crippen LogP contribution in [0.5, 0.6) is 0 Å². The minimum Gasteiger partial charge on any atom is -0.378 e. The third-order valence-electron chi connectivity index (χ3n) is 2.33. The van der Waals surface area contributed by atoms with Crippen LogP contribution in [0, 0.1) is 5.92 Å². The third-order valence-corrected chi connectivity index (χ3v) is 2.33. The van der Waals surface area contributed by atoms with Crippen molar-refractivity contribution in [3.63, 3.8) is 0 Å². The maximum Gasteiger partial charge on any atom is 0.0643 e. The second kappa shape index (κ2) is 4.07. The summed E-state index contributed by atoms with van der Waals surface area (Å²) in [5.74, 6) is 0.737. The summed E-state index contributed by atoms with van der Waals surface area (Å²) in [6.45, 7) is 8.57. The average molecular weight is 157 g/mol. The molecule has 1 atom stereocenters. The van der Waals surface area contributed by atoms with Crippen LogP contribution in [-0.2, 0) is 4.74 Å². The third kappa shape index (κ3) is 2.46. The lowest BCUT2D eigenvalue weighted by Gasteiger charge is -2.32. The molecule has 1 saturated heterocycles. The van der Waals surface area contributed by atoms with E-state index in [4.69, 9.17) is 4.74 Å². The summed E-state index contributed by atoms with van der Waals surface area (Å²) in [6.07, 6.45) is 1.22. The Morgan fingerprint density at radius 3 is 2.36 bits per heavy atom. The zero-order valence-electron chi connectivity index (χ0n) is 7.76. The van der Waals surface area contributed by atoms with Gasteiger partial charge in [-0.25, -0.2) is 0 Å². The van der Waals surface area contributed by atoms with Gasteiger partial charge >= 0.3 is 0 Å². The molecule has 1 heterocycles. The first-order valence-corrected chi connectivity index (χ1v) is 4.57. The summed E-state index contributed by atoms with van der Waals surface area (Å²) in [4.78, 5) is 0. The van der Waals surface area contributed by atoms with Crippen molar-refractivity contribution >= 4 is 0 Å². The van der Waals surface area contributed by atoms with Gasteiger partial charge in [0.25, 0.3) is 0 Å². The molecule has 1 aliphatic heterocycles. The van der Waals surface area contributed by atoms with Crippen LogP contribution in [0.15, 0.2) is 0 Å². The maximum atomic E-state index is 5.10. The van der Waals surface area contributed by atoms with E-state index < -0.39 is 0 Å². The summed E-state index contributed by atoms with van der Waals surface area (Å²) in [7, 11) is 0. The van der Waals surface area contributed by atoms with Gasteiger partial charge in [0.15, 0.2) is 0 Å². The zero-order valence-corrected chi connectivity index (χ0v) is 7.76. The second-order valence-corrected chi connectivity index (χ2v) is 3.66. The highest BCUT2D eigenvalue weighted by molar-refractivity contribution is 4.79. The quantitative estimate of drug-likeness (QED) is 0.666. The molecule has 0 aliphatic carbocycles. The Hall–Kier alpha value is -0.0800. The molecule has 0 bridgehead atoms. The highest BCUT2D eigenvalue weighted by atomic mass is 16.5. The fraction of sp³-hybridized carbons (Fsp3) is 1.00. The minimum absolute atomic E-state index is 0.627. The van der Waals surface area contributed by atoms with Gasteiger partial charge < -0.3 is 10.1 Å². The Bertz CT molecular complexity index is 110. The summed E-state index contributed by atoms with van der Waals surface area (Å²) < 4.78 is 5.10. The van der Waals surface area contributed by atoms with Crippen molar-refractivity contribution in [1.29, 1.82) is 0 Å². The Morgan fingerprint density at radius 2 is 2.09 bits per heavy atom. The van der Waals surface area contributed by atoms with Crippen molar-refractivity contribution in [2.75, 3.05) is 13.2 Å². The first-order valence-electron chi connectivity index (χ1n) is 4.57. The van der Waals surface area contributed by atoms with E-state index in [1.807, 2.05) is 0 Å². The Labute approximate surface area is 69.3 Å². The smallest absolute Gasteiger partial charge is 0.0643 e.